The van der Waals surface area contributed by atoms with E-state index in [4.69, 9.17) is 5.73 Å². The zero-order chi connectivity index (χ0) is 28.9. The summed E-state index contributed by atoms with van der Waals surface area (Å²) in [4.78, 5) is 19.6. The topological polar surface area (TPSA) is 49.6 Å². The largest absolute Gasteiger partial charge is 0.368 e. The van der Waals surface area contributed by atoms with E-state index in [0.717, 1.165) is 31.6 Å². The molecule has 0 fully saturated rings. The van der Waals surface area contributed by atoms with Crippen molar-refractivity contribution < 1.29 is 4.79 Å². The van der Waals surface area contributed by atoms with Crippen LogP contribution in [0, 0.1) is 0 Å². The highest BCUT2D eigenvalue weighted by molar-refractivity contribution is 7.10. The van der Waals surface area contributed by atoms with Crippen LogP contribution in [0.4, 0.5) is 0 Å². The minimum atomic E-state index is -0.325. The molecule has 2 N–H and O–H groups in total. The van der Waals surface area contributed by atoms with Crippen molar-refractivity contribution in [3.05, 3.63) is 116 Å². The lowest BCUT2D eigenvalue weighted by atomic mass is 10.0. The number of rotatable bonds is 5. The summed E-state index contributed by atoms with van der Waals surface area (Å²) < 4.78 is 0. The van der Waals surface area contributed by atoms with Crippen molar-refractivity contribution in [2.75, 3.05) is 13.1 Å². The maximum absolute atomic E-state index is 11.8. The first kappa shape index (κ1) is 31.8. The van der Waals surface area contributed by atoms with E-state index in [2.05, 4.69) is 69.9 Å². The molecule has 2 aromatic carbocycles. The minimum absolute atomic E-state index is 0.273. The molecule has 4 aromatic rings. The van der Waals surface area contributed by atoms with Gasteiger partial charge in [-0.2, -0.15) is 0 Å². The van der Waals surface area contributed by atoms with Gasteiger partial charge in [0, 0.05) is 42.0 Å². The average Bonchev–Trinajstić information content (AvgIpc) is 3.69. The Morgan fingerprint density at radius 1 is 0.700 bits per heavy atom. The van der Waals surface area contributed by atoms with E-state index < -0.39 is 0 Å². The van der Waals surface area contributed by atoms with Crippen LogP contribution >= 0.6 is 22.7 Å². The van der Waals surface area contributed by atoms with Crippen molar-refractivity contribution in [1.29, 1.82) is 0 Å². The summed E-state index contributed by atoms with van der Waals surface area (Å²) in [5.74, 6) is -0.273. The summed E-state index contributed by atoms with van der Waals surface area (Å²) in [6.45, 7) is 14.3. The Morgan fingerprint density at radius 3 is 1.65 bits per heavy atom. The molecule has 40 heavy (non-hydrogen) atoms. The van der Waals surface area contributed by atoms with E-state index >= 15 is 0 Å². The zero-order valence-corrected chi connectivity index (χ0v) is 26.3. The smallest absolute Gasteiger partial charge is 0.239 e. The number of carbonyl (C=O) groups is 1. The van der Waals surface area contributed by atoms with Crippen LogP contribution in [-0.4, -0.2) is 28.8 Å². The number of benzene rings is 2. The Hall–Kier alpha value is -2.77. The van der Waals surface area contributed by atoms with Gasteiger partial charge in [-0.1, -0.05) is 88.4 Å². The lowest BCUT2D eigenvalue weighted by molar-refractivity contribution is -0.123. The third-order valence-corrected chi connectivity index (χ3v) is 9.30. The second-order valence-electron chi connectivity index (χ2n) is 9.48. The summed E-state index contributed by atoms with van der Waals surface area (Å²) in [6, 6.07) is 25.2. The van der Waals surface area contributed by atoms with Gasteiger partial charge in [0.1, 0.15) is 6.04 Å². The maximum atomic E-state index is 11.8. The van der Waals surface area contributed by atoms with E-state index in [9.17, 15) is 4.79 Å². The minimum Gasteiger partial charge on any atom is -0.368 e. The van der Waals surface area contributed by atoms with Crippen LogP contribution in [0.5, 0.6) is 0 Å². The Labute approximate surface area is 249 Å². The number of amides is 1. The number of primary amides is 1. The predicted molar refractivity (Wildman–Crippen MR) is 173 cm³/mol. The van der Waals surface area contributed by atoms with Crippen molar-refractivity contribution in [3.8, 4) is 0 Å². The molecule has 0 bridgehead atoms. The number of carbonyl (C=O) groups excluding carboxylic acids is 1. The van der Waals surface area contributed by atoms with Gasteiger partial charge in [-0.3, -0.25) is 14.6 Å². The highest BCUT2D eigenvalue weighted by Gasteiger charge is 2.29. The molecule has 2 aliphatic heterocycles. The SMILES string of the molecule is CC.CC.CC(c1ccccc1)N1CCc2sccc2C1.NC(=O)C(c1ccccc1)N1CCc2sccc2C1. The van der Waals surface area contributed by atoms with Crippen LogP contribution in [0.1, 0.15) is 78.7 Å². The molecule has 2 atom stereocenters. The van der Waals surface area contributed by atoms with Crippen molar-refractivity contribution in [3.63, 3.8) is 0 Å². The van der Waals surface area contributed by atoms with E-state index in [-0.39, 0.29) is 11.9 Å². The number of hydrogen-bond donors (Lipinski definition) is 1. The van der Waals surface area contributed by atoms with E-state index in [1.165, 1.54) is 34.5 Å². The Morgan fingerprint density at radius 2 is 1.15 bits per heavy atom. The zero-order valence-electron chi connectivity index (χ0n) is 24.7. The summed E-state index contributed by atoms with van der Waals surface area (Å²) in [5, 5.41) is 4.34. The van der Waals surface area contributed by atoms with Gasteiger partial charge in [0.15, 0.2) is 0 Å². The van der Waals surface area contributed by atoms with E-state index in [1.54, 1.807) is 16.2 Å². The van der Waals surface area contributed by atoms with Crippen molar-refractivity contribution >= 4 is 28.6 Å². The van der Waals surface area contributed by atoms with Crippen LogP contribution in [-0.2, 0) is 30.7 Å². The third kappa shape index (κ3) is 8.14. The van der Waals surface area contributed by atoms with Gasteiger partial charge in [0.05, 0.1) is 0 Å². The van der Waals surface area contributed by atoms with Crippen molar-refractivity contribution in [1.82, 2.24) is 9.80 Å². The number of nitrogens with zero attached hydrogens (tertiary/aromatic N) is 2. The van der Waals surface area contributed by atoms with Crippen LogP contribution in [0.25, 0.3) is 0 Å². The second-order valence-corrected chi connectivity index (χ2v) is 11.5. The quantitative estimate of drug-likeness (QED) is 0.261. The average molecular weight is 576 g/mol. The van der Waals surface area contributed by atoms with Crippen molar-refractivity contribution in [2.24, 2.45) is 5.73 Å². The molecular weight excluding hydrogens is 531 g/mol. The van der Waals surface area contributed by atoms with Crippen LogP contribution in [0.3, 0.4) is 0 Å². The number of fused-ring (bicyclic) bond motifs is 2. The Kier molecular flexibility index (Phi) is 13.1. The molecule has 2 aromatic heterocycles. The summed E-state index contributed by atoms with van der Waals surface area (Å²) >= 11 is 3.71. The first-order chi connectivity index (χ1) is 19.6. The molecule has 4 heterocycles. The first-order valence-corrected chi connectivity index (χ1v) is 16.3. The monoisotopic (exact) mass is 575 g/mol. The molecular formula is C34H45N3OS2. The standard InChI is InChI=1S/C15H16N2OS.C15H17NS.2C2H6/c16-15(18)14(11-4-2-1-3-5-11)17-8-6-13-12(10-17)7-9-19-13;1-12(13-5-3-2-4-6-13)16-9-7-15-14(11-16)8-10-17-15;2*1-2/h1-5,7,9,14H,6,8,10H2,(H2,16,18);2-6,8,10,12H,7,9,11H2,1H3;2*1-2H3. The van der Waals surface area contributed by atoms with Gasteiger partial charge in [-0.15, -0.1) is 22.7 Å². The fourth-order valence-corrected chi connectivity index (χ4v) is 7.00. The Balaban J connectivity index is 0.000000197. The molecule has 2 aliphatic rings. The normalized spacial score (nSPS) is 15.8. The molecule has 0 spiro atoms. The van der Waals surface area contributed by atoms with Gasteiger partial charge >= 0.3 is 0 Å². The molecule has 214 valence electrons. The van der Waals surface area contributed by atoms with Gasteiger partial charge in [0.25, 0.3) is 0 Å². The number of thiophene rings is 2. The number of hydrogen-bond acceptors (Lipinski definition) is 5. The lowest BCUT2D eigenvalue weighted by Crippen LogP contribution is -2.40. The van der Waals surface area contributed by atoms with Crippen LogP contribution in [0.15, 0.2) is 83.6 Å². The third-order valence-electron chi connectivity index (χ3n) is 7.25. The van der Waals surface area contributed by atoms with Gasteiger partial charge in [0.2, 0.25) is 5.91 Å². The van der Waals surface area contributed by atoms with E-state index in [0.29, 0.717) is 6.04 Å². The van der Waals surface area contributed by atoms with Crippen molar-refractivity contribution in [2.45, 2.75) is 72.6 Å². The van der Waals surface area contributed by atoms with Crippen LogP contribution in [0.2, 0.25) is 0 Å². The summed E-state index contributed by atoms with van der Waals surface area (Å²) in [6.07, 6.45) is 2.22. The lowest BCUT2D eigenvalue weighted by Gasteiger charge is -2.32. The van der Waals surface area contributed by atoms with Crippen LogP contribution < -0.4 is 5.73 Å². The molecule has 4 nitrogen and oxygen atoms in total. The molecule has 2 unspecified atom stereocenters. The van der Waals surface area contributed by atoms with Gasteiger partial charge in [-0.25, -0.2) is 0 Å². The molecule has 6 heteroatoms. The summed E-state index contributed by atoms with van der Waals surface area (Å²) in [5.41, 5.74) is 10.9. The highest BCUT2D eigenvalue weighted by Crippen LogP contribution is 2.31. The van der Waals surface area contributed by atoms with Gasteiger partial charge in [-0.05, 0) is 64.9 Å². The number of nitrogens with two attached hydrogens (primary N) is 1. The molecule has 0 saturated carbocycles. The van der Waals surface area contributed by atoms with E-state index in [1.807, 2.05) is 69.4 Å². The second kappa shape index (κ2) is 16.5. The summed E-state index contributed by atoms with van der Waals surface area (Å²) in [7, 11) is 0. The molecule has 0 saturated heterocycles. The first-order valence-electron chi connectivity index (χ1n) is 14.6. The highest BCUT2D eigenvalue weighted by atomic mass is 32.1. The fourth-order valence-electron chi connectivity index (χ4n) is 5.22. The molecule has 6 rings (SSSR count). The van der Waals surface area contributed by atoms with Gasteiger partial charge < -0.3 is 5.73 Å². The molecule has 0 radical (unpaired) electrons. The molecule has 0 aliphatic carbocycles. The fraction of sp³-hybridized carbons (Fsp3) is 0.382. The molecule has 1 amide bonds. The Bertz CT molecular complexity index is 1270. The maximum Gasteiger partial charge on any atom is 0.239 e. The predicted octanol–water partition coefficient (Wildman–Crippen LogP) is 8.25.